The molecular formula is C22H25FN4O2. The highest BCUT2D eigenvalue weighted by molar-refractivity contribution is 5.58. The van der Waals surface area contributed by atoms with Crippen LogP contribution in [0.15, 0.2) is 47.0 Å². The van der Waals surface area contributed by atoms with E-state index in [9.17, 15) is 4.39 Å². The van der Waals surface area contributed by atoms with E-state index in [1.165, 1.54) is 6.07 Å². The van der Waals surface area contributed by atoms with E-state index in [-0.39, 0.29) is 5.82 Å². The van der Waals surface area contributed by atoms with Crippen LogP contribution in [0.5, 0.6) is 5.75 Å². The second-order valence-electron chi connectivity index (χ2n) is 7.34. The highest BCUT2D eigenvalue weighted by Gasteiger charge is 2.21. The molecule has 1 saturated heterocycles. The number of methoxy groups -OCH3 is 1. The molecule has 0 amide bonds. The Bertz CT molecular complexity index is 967. The van der Waals surface area contributed by atoms with Crippen molar-refractivity contribution in [1.29, 1.82) is 0 Å². The summed E-state index contributed by atoms with van der Waals surface area (Å²) in [6.45, 7) is 6.90. The zero-order valence-electron chi connectivity index (χ0n) is 16.8. The number of hydrogen-bond acceptors (Lipinski definition) is 6. The van der Waals surface area contributed by atoms with Gasteiger partial charge in [0.15, 0.2) is 0 Å². The molecule has 152 valence electrons. The summed E-state index contributed by atoms with van der Waals surface area (Å²) >= 11 is 0. The number of halogens is 1. The predicted molar refractivity (Wildman–Crippen MR) is 108 cm³/mol. The summed E-state index contributed by atoms with van der Waals surface area (Å²) in [4.78, 5) is 9.17. The maximum absolute atomic E-state index is 13.6. The fourth-order valence-electron chi connectivity index (χ4n) is 3.66. The van der Waals surface area contributed by atoms with Crippen LogP contribution in [0, 0.1) is 12.7 Å². The number of piperazine rings is 1. The maximum atomic E-state index is 13.6. The zero-order valence-corrected chi connectivity index (χ0v) is 16.8. The van der Waals surface area contributed by atoms with Gasteiger partial charge < -0.3 is 9.26 Å². The molecule has 29 heavy (non-hydrogen) atoms. The van der Waals surface area contributed by atoms with E-state index < -0.39 is 0 Å². The van der Waals surface area contributed by atoms with Crippen molar-refractivity contribution in [3.05, 3.63) is 65.3 Å². The molecule has 1 aliphatic heterocycles. The Labute approximate surface area is 169 Å². The van der Waals surface area contributed by atoms with Crippen LogP contribution in [0.4, 0.5) is 4.39 Å². The first kappa shape index (κ1) is 19.5. The Morgan fingerprint density at radius 3 is 2.48 bits per heavy atom. The second-order valence-corrected chi connectivity index (χ2v) is 7.34. The summed E-state index contributed by atoms with van der Waals surface area (Å²) in [6, 6.07) is 12.7. The van der Waals surface area contributed by atoms with Crippen molar-refractivity contribution in [3.8, 4) is 17.1 Å². The van der Waals surface area contributed by atoms with Crippen LogP contribution in [0.2, 0.25) is 0 Å². The van der Waals surface area contributed by atoms with Crippen molar-refractivity contribution >= 4 is 0 Å². The number of aromatic nitrogens is 2. The molecule has 1 aromatic heterocycles. The fraction of sp³-hybridized carbons (Fsp3) is 0.364. The van der Waals surface area contributed by atoms with E-state index >= 15 is 0 Å². The first-order valence-electron chi connectivity index (χ1n) is 9.78. The summed E-state index contributed by atoms with van der Waals surface area (Å²) in [5, 5.41) is 4.14. The lowest BCUT2D eigenvalue weighted by Crippen LogP contribution is -2.45. The monoisotopic (exact) mass is 396 g/mol. The van der Waals surface area contributed by atoms with Crippen LogP contribution in [0.1, 0.15) is 17.0 Å². The first-order valence-corrected chi connectivity index (χ1v) is 9.78. The number of aryl methyl sites for hydroxylation is 1. The van der Waals surface area contributed by atoms with E-state index in [1.54, 1.807) is 19.2 Å². The molecule has 0 radical (unpaired) electrons. The molecule has 1 aliphatic rings. The Morgan fingerprint density at radius 1 is 1.03 bits per heavy atom. The van der Waals surface area contributed by atoms with Crippen molar-refractivity contribution in [1.82, 2.24) is 19.9 Å². The van der Waals surface area contributed by atoms with Gasteiger partial charge in [0.2, 0.25) is 11.7 Å². The Balaban J connectivity index is 1.33. The third-order valence-electron chi connectivity index (χ3n) is 5.31. The molecule has 1 fully saturated rings. The number of rotatable bonds is 6. The van der Waals surface area contributed by atoms with E-state index in [0.29, 0.717) is 24.8 Å². The highest BCUT2D eigenvalue weighted by Crippen LogP contribution is 2.23. The van der Waals surface area contributed by atoms with Crippen molar-refractivity contribution in [3.63, 3.8) is 0 Å². The normalized spacial score (nSPS) is 15.6. The number of benzene rings is 2. The minimum atomic E-state index is -0.236. The highest BCUT2D eigenvalue weighted by atomic mass is 19.1. The lowest BCUT2D eigenvalue weighted by atomic mass is 10.1. The maximum Gasteiger partial charge on any atom is 0.241 e. The summed E-state index contributed by atoms with van der Waals surface area (Å²) in [5.74, 6) is 1.75. The lowest BCUT2D eigenvalue weighted by molar-refractivity contribution is 0.111. The third-order valence-corrected chi connectivity index (χ3v) is 5.31. The molecule has 2 heterocycles. The summed E-state index contributed by atoms with van der Waals surface area (Å²) < 4.78 is 24.4. The van der Waals surface area contributed by atoms with Crippen LogP contribution in [0.25, 0.3) is 11.4 Å². The molecule has 0 spiro atoms. The zero-order chi connectivity index (χ0) is 20.2. The number of hydrogen-bond donors (Lipinski definition) is 0. The van der Waals surface area contributed by atoms with Gasteiger partial charge in [0, 0.05) is 43.9 Å². The Morgan fingerprint density at radius 2 is 1.76 bits per heavy atom. The lowest BCUT2D eigenvalue weighted by Gasteiger charge is -2.34. The molecule has 0 saturated carbocycles. The predicted octanol–water partition coefficient (Wildman–Crippen LogP) is 3.51. The van der Waals surface area contributed by atoms with Gasteiger partial charge >= 0.3 is 0 Å². The van der Waals surface area contributed by atoms with Gasteiger partial charge in [-0.3, -0.25) is 9.80 Å². The van der Waals surface area contributed by atoms with Gasteiger partial charge in [-0.05, 0) is 30.7 Å². The average Bonchev–Trinajstić information content (AvgIpc) is 3.18. The van der Waals surface area contributed by atoms with Crippen molar-refractivity contribution in [2.24, 2.45) is 0 Å². The molecule has 0 N–H and O–H groups in total. The molecule has 2 aromatic carbocycles. The fourth-order valence-corrected chi connectivity index (χ4v) is 3.66. The van der Waals surface area contributed by atoms with Crippen molar-refractivity contribution in [2.75, 3.05) is 33.3 Å². The van der Waals surface area contributed by atoms with Crippen LogP contribution >= 0.6 is 0 Å². The van der Waals surface area contributed by atoms with E-state index in [4.69, 9.17) is 9.26 Å². The smallest absolute Gasteiger partial charge is 0.241 e. The molecule has 3 aromatic rings. The van der Waals surface area contributed by atoms with Gasteiger partial charge in [-0.2, -0.15) is 4.98 Å². The molecule has 0 unspecified atom stereocenters. The Kier molecular flexibility index (Phi) is 5.87. The second kappa shape index (κ2) is 8.71. The summed E-state index contributed by atoms with van der Waals surface area (Å²) in [6.07, 6.45) is 0. The first-order chi connectivity index (χ1) is 14.1. The van der Waals surface area contributed by atoms with E-state index in [0.717, 1.165) is 48.6 Å². The number of nitrogens with zero attached hydrogens (tertiary/aromatic N) is 4. The van der Waals surface area contributed by atoms with Crippen LogP contribution < -0.4 is 4.74 Å². The van der Waals surface area contributed by atoms with E-state index in [1.807, 2.05) is 31.2 Å². The molecule has 4 rings (SSSR count). The molecular weight excluding hydrogens is 371 g/mol. The topological polar surface area (TPSA) is 54.6 Å². The Hall–Kier alpha value is -2.77. The largest absolute Gasteiger partial charge is 0.496 e. The van der Waals surface area contributed by atoms with Crippen molar-refractivity contribution < 1.29 is 13.7 Å². The van der Waals surface area contributed by atoms with Gasteiger partial charge in [0.25, 0.3) is 0 Å². The van der Waals surface area contributed by atoms with Crippen molar-refractivity contribution in [2.45, 2.75) is 20.0 Å². The molecule has 0 aliphatic carbocycles. The quantitative estimate of drug-likeness (QED) is 0.636. The standard InChI is InChI=1S/C22H25FN4O2/c1-16-5-3-4-6-19(16)22-24-21(29-25-22)15-27-11-9-26(10-12-27)14-17-13-18(23)7-8-20(17)28-2/h3-8,13H,9-12,14-15H2,1-2H3. The summed E-state index contributed by atoms with van der Waals surface area (Å²) in [5.41, 5.74) is 3.00. The minimum Gasteiger partial charge on any atom is -0.496 e. The third kappa shape index (κ3) is 4.63. The SMILES string of the molecule is COc1ccc(F)cc1CN1CCN(Cc2nc(-c3ccccc3C)no2)CC1. The van der Waals surface area contributed by atoms with E-state index in [2.05, 4.69) is 19.9 Å². The minimum absolute atomic E-state index is 0.236. The summed E-state index contributed by atoms with van der Waals surface area (Å²) in [7, 11) is 1.62. The molecule has 0 bridgehead atoms. The average molecular weight is 396 g/mol. The van der Waals surface area contributed by atoms with Gasteiger partial charge in [0.05, 0.1) is 13.7 Å². The van der Waals surface area contributed by atoms with Gasteiger partial charge in [-0.25, -0.2) is 4.39 Å². The van der Waals surface area contributed by atoms with Gasteiger partial charge in [-0.1, -0.05) is 29.4 Å². The van der Waals surface area contributed by atoms with Gasteiger partial charge in [0.1, 0.15) is 11.6 Å². The van der Waals surface area contributed by atoms with Crippen LogP contribution in [0.3, 0.4) is 0 Å². The van der Waals surface area contributed by atoms with Gasteiger partial charge in [-0.15, -0.1) is 0 Å². The molecule has 6 nitrogen and oxygen atoms in total. The van der Waals surface area contributed by atoms with Crippen LogP contribution in [-0.4, -0.2) is 53.2 Å². The molecule has 7 heteroatoms. The molecule has 0 atom stereocenters. The number of ether oxygens (including phenoxy) is 1. The van der Waals surface area contributed by atoms with Crippen LogP contribution in [-0.2, 0) is 13.1 Å².